The molecule has 1 aromatic rings. The number of halogens is 1. The molecule has 0 aromatic carbocycles. The van der Waals surface area contributed by atoms with E-state index in [9.17, 15) is 5.11 Å². The lowest BCUT2D eigenvalue weighted by Crippen LogP contribution is -2.21. The summed E-state index contributed by atoms with van der Waals surface area (Å²) in [5, 5.41) is 10.4. The molecule has 0 spiro atoms. The lowest BCUT2D eigenvalue weighted by atomic mass is 9.82. The molecule has 0 saturated heterocycles. The molecule has 15 heavy (non-hydrogen) atoms. The van der Waals surface area contributed by atoms with E-state index in [0.29, 0.717) is 0 Å². The third-order valence-electron chi connectivity index (χ3n) is 3.55. The number of aryl methyl sites for hydroxylation is 1. The average Bonchev–Trinajstić information content (AvgIpc) is 2.75. The van der Waals surface area contributed by atoms with E-state index < -0.39 is 0 Å². The molecule has 1 heterocycles. The van der Waals surface area contributed by atoms with Gasteiger partial charge in [-0.15, -0.1) is 11.3 Å². The van der Waals surface area contributed by atoms with Crippen molar-refractivity contribution in [2.45, 2.75) is 45.6 Å². The van der Waals surface area contributed by atoms with E-state index in [4.69, 9.17) is 11.6 Å². The molecule has 1 N–H and O–H groups in total. The fraction of sp³-hybridized carbons (Fsp3) is 0.667. The number of hydrogen-bond acceptors (Lipinski definition) is 2. The van der Waals surface area contributed by atoms with Crippen LogP contribution in [0.5, 0.6) is 0 Å². The molecule has 1 aliphatic carbocycles. The Labute approximate surface area is 100 Å². The van der Waals surface area contributed by atoms with Crippen LogP contribution < -0.4 is 0 Å². The van der Waals surface area contributed by atoms with E-state index in [0.717, 1.165) is 27.6 Å². The Morgan fingerprint density at radius 3 is 2.53 bits per heavy atom. The van der Waals surface area contributed by atoms with E-state index in [2.05, 4.69) is 6.92 Å². The fourth-order valence-electron chi connectivity index (χ4n) is 2.42. The summed E-state index contributed by atoms with van der Waals surface area (Å²) in [6.07, 6.45) is 4.40. The van der Waals surface area contributed by atoms with Gasteiger partial charge in [0.05, 0.1) is 10.4 Å². The van der Waals surface area contributed by atoms with Gasteiger partial charge in [0.25, 0.3) is 0 Å². The SMILES string of the molecule is Cc1cc(C(O)C2(C)CCCC2)sc1Cl. The smallest absolute Gasteiger partial charge is 0.0961 e. The number of aliphatic hydroxyl groups excluding tert-OH is 1. The summed E-state index contributed by atoms with van der Waals surface area (Å²) in [6, 6.07) is 2.03. The number of hydrogen-bond donors (Lipinski definition) is 1. The molecule has 1 aromatic heterocycles. The van der Waals surface area contributed by atoms with Gasteiger partial charge < -0.3 is 5.11 Å². The van der Waals surface area contributed by atoms with Crippen LogP contribution >= 0.6 is 22.9 Å². The van der Waals surface area contributed by atoms with Crippen molar-refractivity contribution in [1.82, 2.24) is 0 Å². The molecule has 0 radical (unpaired) electrons. The van der Waals surface area contributed by atoms with Gasteiger partial charge in [-0.1, -0.05) is 31.4 Å². The van der Waals surface area contributed by atoms with E-state index >= 15 is 0 Å². The highest BCUT2D eigenvalue weighted by Gasteiger charge is 2.37. The molecule has 84 valence electrons. The van der Waals surface area contributed by atoms with Gasteiger partial charge in [0.1, 0.15) is 0 Å². The topological polar surface area (TPSA) is 20.2 Å². The molecule has 0 amide bonds. The van der Waals surface area contributed by atoms with Crippen molar-refractivity contribution in [2.24, 2.45) is 5.41 Å². The van der Waals surface area contributed by atoms with Gasteiger partial charge in [-0.05, 0) is 36.8 Å². The zero-order valence-corrected chi connectivity index (χ0v) is 10.8. The maximum atomic E-state index is 10.4. The van der Waals surface area contributed by atoms with Gasteiger partial charge in [-0.3, -0.25) is 0 Å². The highest BCUT2D eigenvalue weighted by Crippen LogP contribution is 2.49. The van der Waals surface area contributed by atoms with Gasteiger partial charge in [-0.25, -0.2) is 0 Å². The second-order valence-corrected chi connectivity index (χ2v) is 6.56. The van der Waals surface area contributed by atoms with Crippen LogP contribution in [0.25, 0.3) is 0 Å². The first-order valence-corrected chi connectivity index (χ1v) is 6.66. The minimum Gasteiger partial charge on any atom is -0.387 e. The highest BCUT2D eigenvalue weighted by molar-refractivity contribution is 7.16. The van der Waals surface area contributed by atoms with E-state index in [1.54, 1.807) is 0 Å². The van der Waals surface area contributed by atoms with Gasteiger partial charge >= 0.3 is 0 Å². The molecular formula is C12H17ClOS. The molecular weight excluding hydrogens is 228 g/mol. The summed E-state index contributed by atoms with van der Waals surface area (Å²) in [4.78, 5) is 1.03. The van der Waals surface area contributed by atoms with Crippen LogP contribution in [0.3, 0.4) is 0 Å². The van der Waals surface area contributed by atoms with Crippen LogP contribution in [0.1, 0.15) is 49.2 Å². The third-order valence-corrected chi connectivity index (χ3v) is 5.16. The largest absolute Gasteiger partial charge is 0.387 e. The van der Waals surface area contributed by atoms with Gasteiger partial charge in [-0.2, -0.15) is 0 Å². The standard InChI is InChI=1S/C12H17ClOS/c1-8-7-9(15-11(8)13)10(14)12(2)5-3-4-6-12/h7,10,14H,3-6H2,1-2H3. The van der Waals surface area contributed by atoms with Crippen LogP contribution in [0.15, 0.2) is 6.07 Å². The van der Waals surface area contributed by atoms with Crippen molar-refractivity contribution in [3.05, 3.63) is 20.8 Å². The third kappa shape index (κ3) is 2.08. The Kier molecular flexibility index (Phi) is 3.11. The Bertz CT molecular complexity index is 333. The quantitative estimate of drug-likeness (QED) is 0.821. The minimum atomic E-state index is -0.337. The summed E-state index contributed by atoms with van der Waals surface area (Å²) in [6.45, 7) is 4.18. The predicted molar refractivity (Wildman–Crippen MR) is 65.6 cm³/mol. The second-order valence-electron chi connectivity index (χ2n) is 4.87. The zero-order chi connectivity index (χ0) is 11.1. The zero-order valence-electron chi connectivity index (χ0n) is 9.22. The van der Waals surface area contributed by atoms with Crippen molar-refractivity contribution in [3.8, 4) is 0 Å². The number of rotatable bonds is 2. The first-order chi connectivity index (χ1) is 7.03. The number of aliphatic hydroxyl groups is 1. The Hall–Kier alpha value is -0.0500. The summed E-state index contributed by atoms with van der Waals surface area (Å²) in [7, 11) is 0. The van der Waals surface area contributed by atoms with Crippen molar-refractivity contribution in [2.75, 3.05) is 0 Å². The van der Waals surface area contributed by atoms with Gasteiger partial charge in [0.15, 0.2) is 0 Å². The van der Waals surface area contributed by atoms with Crippen LogP contribution in [0.4, 0.5) is 0 Å². The highest BCUT2D eigenvalue weighted by atomic mass is 35.5. The Morgan fingerprint density at radius 2 is 2.07 bits per heavy atom. The predicted octanol–water partition coefficient (Wildman–Crippen LogP) is 4.32. The van der Waals surface area contributed by atoms with E-state index in [-0.39, 0.29) is 11.5 Å². The molecule has 2 rings (SSSR count). The first-order valence-electron chi connectivity index (χ1n) is 5.47. The molecule has 1 saturated carbocycles. The summed E-state index contributed by atoms with van der Waals surface area (Å²) < 4.78 is 0.811. The fourth-order valence-corrected chi connectivity index (χ4v) is 3.80. The minimum absolute atomic E-state index is 0.0701. The normalized spacial score (nSPS) is 21.9. The monoisotopic (exact) mass is 244 g/mol. The molecule has 1 nitrogen and oxygen atoms in total. The number of thiophene rings is 1. The average molecular weight is 245 g/mol. The van der Waals surface area contributed by atoms with Crippen LogP contribution in [-0.2, 0) is 0 Å². The second kappa shape index (κ2) is 4.08. The van der Waals surface area contributed by atoms with Gasteiger partial charge in [0.2, 0.25) is 0 Å². The summed E-state index contributed by atoms with van der Waals surface area (Å²) >= 11 is 7.56. The molecule has 1 fully saturated rings. The van der Waals surface area contributed by atoms with Crippen LogP contribution in [-0.4, -0.2) is 5.11 Å². The molecule has 1 aliphatic rings. The van der Waals surface area contributed by atoms with Crippen molar-refractivity contribution in [1.29, 1.82) is 0 Å². The molecule has 0 bridgehead atoms. The van der Waals surface area contributed by atoms with E-state index in [1.165, 1.54) is 24.2 Å². The summed E-state index contributed by atoms with van der Waals surface area (Å²) in [5.41, 5.74) is 1.15. The maximum absolute atomic E-state index is 10.4. The molecule has 0 aliphatic heterocycles. The lowest BCUT2D eigenvalue weighted by molar-refractivity contribution is 0.0437. The lowest BCUT2D eigenvalue weighted by Gasteiger charge is -2.29. The summed E-state index contributed by atoms with van der Waals surface area (Å²) in [5.74, 6) is 0. The Balaban J connectivity index is 2.23. The van der Waals surface area contributed by atoms with Crippen molar-refractivity contribution >= 4 is 22.9 Å². The van der Waals surface area contributed by atoms with Gasteiger partial charge in [0, 0.05) is 4.88 Å². The van der Waals surface area contributed by atoms with Crippen molar-refractivity contribution in [3.63, 3.8) is 0 Å². The Morgan fingerprint density at radius 1 is 1.47 bits per heavy atom. The van der Waals surface area contributed by atoms with E-state index in [1.807, 2.05) is 13.0 Å². The molecule has 1 atom stereocenters. The van der Waals surface area contributed by atoms with Crippen molar-refractivity contribution < 1.29 is 5.11 Å². The first kappa shape index (κ1) is 11.4. The maximum Gasteiger partial charge on any atom is 0.0961 e. The van der Waals surface area contributed by atoms with Crippen LogP contribution in [0.2, 0.25) is 4.34 Å². The molecule has 3 heteroatoms. The molecule has 1 unspecified atom stereocenters. The van der Waals surface area contributed by atoms with Crippen LogP contribution in [0, 0.1) is 12.3 Å².